The number of ether oxygens (including phenoxy) is 2. The SMILES string of the molecule is CCN(CC)c1ccc(CN(CC2CCCO2)C(=O)Nc2ccccc2OC)c(OS(=O)(=O)c2cccc(C(F)(F)F)c2)c1. The molecule has 0 aromatic heterocycles. The maximum absolute atomic E-state index is 13.6. The van der Waals surface area contributed by atoms with Gasteiger partial charge < -0.3 is 28.8 Å². The number of rotatable bonds is 12. The van der Waals surface area contributed by atoms with Crippen LogP contribution in [0.3, 0.4) is 0 Å². The summed E-state index contributed by atoms with van der Waals surface area (Å²) >= 11 is 0. The van der Waals surface area contributed by atoms with Crippen molar-refractivity contribution in [1.29, 1.82) is 0 Å². The number of hydrogen-bond acceptors (Lipinski definition) is 7. The molecule has 1 aliphatic rings. The van der Waals surface area contributed by atoms with E-state index in [0.717, 1.165) is 31.0 Å². The minimum atomic E-state index is -4.74. The first-order valence-corrected chi connectivity index (χ1v) is 15.7. The van der Waals surface area contributed by atoms with E-state index in [1.165, 1.54) is 18.1 Å². The number of carbonyl (C=O) groups excluding carboxylic acids is 1. The first-order chi connectivity index (χ1) is 20.9. The molecular weight excluding hydrogens is 599 g/mol. The van der Waals surface area contributed by atoms with E-state index in [1.807, 2.05) is 18.7 Å². The van der Waals surface area contributed by atoms with E-state index >= 15 is 0 Å². The van der Waals surface area contributed by atoms with Gasteiger partial charge in [-0.05, 0) is 63.1 Å². The summed E-state index contributed by atoms with van der Waals surface area (Å²) in [6.45, 7) is 5.79. The molecule has 13 heteroatoms. The smallest absolute Gasteiger partial charge is 0.416 e. The van der Waals surface area contributed by atoms with Crippen LogP contribution in [0.1, 0.15) is 37.8 Å². The molecule has 4 rings (SSSR count). The number of benzene rings is 3. The van der Waals surface area contributed by atoms with Gasteiger partial charge in [0.1, 0.15) is 16.4 Å². The molecule has 1 atom stereocenters. The Kier molecular flexibility index (Phi) is 10.6. The number of nitrogens with zero attached hydrogens (tertiary/aromatic N) is 2. The Morgan fingerprint density at radius 2 is 1.77 bits per heavy atom. The molecule has 238 valence electrons. The average Bonchev–Trinajstić information content (AvgIpc) is 3.51. The van der Waals surface area contributed by atoms with E-state index < -0.39 is 32.8 Å². The van der Waals surface area contributed by atoms with Crippen molar-refractivity contribution in [2.45, 2.75) is 50.4 Å². The highest BCUT2D eigenvalue weighted by molar-refractivity contribution is 7.87. The van der Waals surface area contributed by atoms with Crippen molar-refractivity contribution in [3.8, 4) is 11.5 Å². The molecule has 0 bridgehead atoms. The van der Waals surface area contributed by atoms with Crippen LogP contribution >= 0.6 is 0 Å². The first kappa shape index (κ1) is 32.9. The zero-order valence-corrected chi connectivity index (χ0v) is 25.6. The number of methoxy groups -OCH3 is 1. The van der Waals surface area contributed by atoms with Gasteiger partial charge in [-0.3, -0.25) is 0 Å². The fourth-order valence-corrected chi connectivity index (χ4v) is 5.94. The van der Waals surface area contributed by atoms with Crippen LogP contribution in [0.15, 0.2) is 71.6 Å². The lowest BCUT2D eigenvalue weighted by molar-refractivity contribution is -0.137. The largest absolute Gasteiger partial charge is 0.495 e. The monoisotopic (exact) mass is 635 g/mol. The maximum atomic E-state index is 13.6. The molecule has 0 spiro atoms. The number of alkyl halides is 3. The fraction of sp³-hybridized carbons (Fsp3) is 0.387. The highest BCUT2D eigenvalue weighted by Crippen LogP contribution is 2.34. The van der Waals surface area contributed by atoms with Crippen LogP contribution < -0.4 is 19.1 Å². The lowest BCUT2D eigenvalue weighted by atomic mass is 10.1. The van der Waals surface area contributed by atoms with Crippen LogP contribution in [0, 0.1) is 0 Å². The minimum Gasteiger partial charge on any atom is -0.495 e. The van der Waals surface area contributed by atoms with Gasteiger partial charge in [-0.25, -0.2) is 4.79 Å². The quantitative estimate of drug-likeness (QED) is 0.226. The third-order valence-corrected chi connectivity index (χ3v) is 8.50. The predicted molar refractivity (Wildman–Crippen MR) is 161 cm³/mol. The fourth-order valence-electron chi connectivity index (χ4n) is 4.93. The highest BCUT2D eigenvalue weighted by atomic mass is 32.2. The van der Waals surface area contributed by atoms with Gasteiger partial charge in [-0.15, -0.1) is 0 Å². The van der Waals surface area contributed by atoms with Gasteiger partial charge in [0.15, 0.2) is 0 Å². The van der Waals surface area contributed by atoms with E-state index in [4.69, 9.17) is 13.7 Å². The molecule has 9 nitrogen and oxygen atoms in total. The third kappa shape index (κ3) is 8.14. The molecule has 3 aromatic carbocycles. The van der Waals surface area contributed by atoms with Crippen molar-refractivity contribution in [1.82, 2.24) is 4.90 Å². The molecule has 0 saturated carbocycles. The van der Waals surface area contributed by atoms with E-state index in [0.29, 0.717) is 48.5 Å². The molecular formula is C31H36F3N3O6S. The summed E-state index contributed by atoms with van der Waals surface area (Å²) < 4.78 is 83.4. The molecule has 1 fully saturated rings. The second-order valence-electron chi connectivity index (χ2n) is 10.2. The molecule has 1 unspecified atom stereocenters. The normalized spacial score (nSPS) is 15.1. The van der Waals surface area contributed by atoms with Gasteiger partial charge in [0.05, 0.1) is 31.0 Å². The van der Waals surface area contributed by atoms with Crippen LogP contribution in [0.25, 0.3) is 0 Å². The highest BCUT2D eigenvalue weighted by Gasteiger charge is 2.32. The van der Waals surface area contributed by atoms with Crippen molar-refractivity contribution >= 4 is 27.5 Å². The molecule has 1 aliphatic heterocycles. The van der Waals surface area contributed by atoms with E-state index in [9.17, 15) is 26.4 Å². The zero-order valence-electron chi connectivity index (χ0n) is 24.8. The van der Waals surface area contributed by atoms with Crippen LogP contribution in [0.2, 0.25) is 0 Å². The van der Waals surface area contributed by atoms with Crippen LogP contribution in [0.5, 0.6) is 11.5 Å². The number of anilines is 2. The zero-order chi connectivity index (χ0) is 31.9. The first-order valence-electron chi connectivity index (χ1n) is 14.2. The molecule has 1 heterocycles. The second kappa shape index (κ2) is 14.2. The standard InChI is InChI=1S/C31H36F3N3O6S/c1-4-36(5-2)24-16-15-22(29(19-24)43-44(39,40)26-12-8-10-23(18-26)31(32,33)34)20-37(21-25-11-9-17-42-25)30(38)35-27-13-6-7-14-28(27)41-3/h6-8,10,12-16,18-19,25H,4-5,9,11,17,20-21H2,1-3H3,(H,35,38). The minimum absolute atomic E-state index is 0.0766. The van der Waals surface area contributed by atoms with Gasteiger partial charge in [0.25, 0.3) is 0 Å². The van der Waals surface area contributed by atoms with Gasteiger partial charge in [-0.2, -0.15) is 21.6 Å². The summed E-state index contributed by atoms with van der Waals surface area (Å²) in [6.07, 6.45) is -3.38. The number of nitrogens with one attached hydrogen (secondary N) is 1. The molecule has 0 radical (unpaired) electrons. The lowest BCUT2D eigenvalue weighted by Gasteiger charge is -2.28. The maximum Gasteiger partial charge on any atom is 0.416 e. The Balaban J connectivity index is 1.71. The van der Waals surface area contributed by atoms with Crippen molar-refractivity contribution in [2.75, 3.05) is 43.6 Å². The van der Waals surface area contributed by atoms with Crippen molar-refractivity contribution in [2.24, 2.45) is 0 Å². The number of para-hydroxylation sites is 2. The third-order valence-electron chi connectivity index (χ3n) is 7.27. The number of carbonyl (C=O) groups is 1. The van der Waals surface area contributed by atoms with Crippen molar-refractivity contribution < 1.29 is 40.0 Å². The summed E-state index contributed by atoms with van der Waals surface area (Å²) in [5, 5.41) is 2.85. The Labute approximate surface area is 255 Å². The Morgan fingerprint density at radius 3 is 2.43 bits per heavy atom. The lowest BCUT2D eigenvalue weighted by Crippen LogP contribution is -2.39. The molecule has 44 heavy (non-hydrogen) atoms. The van der Waals surface area contributed by atoms with Gasteiger partial charge >= 0.3 is 22.3 Å². The Bertz CT molecular complexity index is 1540. The van der Waals surface area contributed by atoms with E-state index in [1.54, 1.807) is 36.4 Å². The van der Waals surface area contributed by atoms with Crippen LogP contribution in [-0.4, -0.2) is 58.8 Å². The van der Waals surface area contributed by atoms with Crippen molar-refractivity contribution in [3.63, 3.8) is 0 Å². The summed E-state index contributed by atoms with van der Waals surface area (Å²) in [5.41, 5.74) is 0.314. The predicted octanol–water partition coefficient (Wildman–Crippen LogP) is 6.54. The number of halogens is 3. The van der Waals surface area contributed by atoms with Gasteiger partial charge in [-0.1, -0.05) is 24.3 Å². The van der Waals surface area contributed by atoms with Crippen LogP contribution in [-0.2, 0) is 27.6 Å². The number of hydrogen-bond donors (Lipinski definition) is 1. The van der Waals surface area contributed by atoms with Crippen LogP contribution in [0.4, 0.5) is 29.3 Å². The Hall–Kier alpha value is -3.97. The van der Waals surface area contributed by atoms with E-state index in [-0.39, 0.29) is 24.9 Å². The molecule has 3 aromatic rings. The van der Waals surface area contributed by atoms with E-state index in [2.05, 4.69) is 5.32 Å². The molecule has 2 amide bonds. The summed E-state index contributed by atoms with van der Waals surface area (Å²) in [5.74, 6) is 0.354. The second-order valence-corrected chi connectivity index (χ2v) is 11.7. The summed E-state index contributed by atoms with van der Waals surface area (Å²) in [4.78, 5) is 16.4. The van der Waals surface area contributed by atoms with Gasteiger partial charge in [0.2, 0.25) is 0 Å². The summed E-state index contributed by atoms with van der Waals surface area (Å²) in [6, 6.07) is 14.8. The number of urea groups is 1. The molecule has 1 saturated heterocycles. The molecule has 0 aliphatic carbocycles. The summed E-state index contributed by atoms with van der Waals surface area (Å²) in [7, 11) is -3.20. The van der Waals surface area contributed by atoms with Gasteiger partial charge in [0, 0.05) is 43.6 Å². The average molecular weight is 636 g/mol. The Morgan fingerprint density at radius 1 is 1.02 bits per heavy atom. The number of amides is 2. The van der Waals surface area contributed by atoms with Crippen molar-refractivity contribution in [3.05, 3.63) is 77.9 Å². The topological polar surface area (TPSA) is 97.4 Å². The molecule has 1 N–H and O–H groups in total.